The van der Waals surface area contributed by atoms with Crippen molar-refractivity contribution in [1.82, 2.24) is 0 Å². The van der Waals surface area contributed by atoms with Crippen LogP contribution in [0.4, 0.5) is 10.1 Å². The maximum Gasteiger partial charge on any atom is 0.256 e. The molecule has 1 aromatic carbocycles. The summed E-state index contributed by atoms with van der Waals surface area (Å²) in [6.07, 6.45) is 1.30. The van der Waals surface area contributed by atoms with Gasteiger partial charge < -0.3 is 4.74 Å². The molecule has 1 fully saturated rings. The number of ether oxygens (including phenoxy) is 1. The van der Waals surface area contributed by atoms with Crippen molar-refractivity contribution in [3.63, 3.8) is 0 Å². The molecule has 2 aliphatic heterocycles. The van der Waals surface area contributed by atoms with Gasteiger partial charge in [0.15, 0.2) is 0 Å². The maximum absolute atomic E-state index is 13.1. The Kier molecular flexibility index (Phi) is 3.24. The van der Waals surface area contributed by atoms with Crippen LogP contribution in [0, 0.1) is 11.7 Å². The van der Waals surface area contributed by atoms with Crippen LogP contribution in [0.25, 0.3) is 0 Å². The van der Waals surface area contributed by atoms with Gasteiger partial charge in [-0.1, -0.05) is 11.6 Å². The zero-order chi connectivity index (χ0) is 13.4. The lowest BCUT2D eigenvalue weighted by Gasteiger charge is -2.14. The third kappa shape index (κ3) is 2.24. The Morgan fingerprint density at radius 3 is 3.05 bits per heavy atom. The van der Waals surface area contributed by atoms with Gasteiger partial charge in [-0.25, -0.2) is 9.40 Å². The fourth-order valence-corrected chi connectivity index (χ4v) is 2.51. The van der Waals surface area contributed by atoms with Crippen molar-refractivity contribution in [1.29, 1.82) is 0 Å². The Labute approximate surface area is 114 Å². The van der Waals surface area contributed by atoms with E-state index in [1.54, 1.807) is 0 Å². The molecule has 1 unspecified atom stereocenters. The first-order chi connectivity index (χ1) is 9.16. The minimum atomic E-state index is -0.507. The fourth-order valence-electron chi connectivity index (χ4n) is 2.33. The normalized spacial score (nSPS) is 23.1. The monoisotopic (exact) mass is 282 g/mol. The summed E-state index contributed by atoms with van der Waals surface area (Å²) in [6.45, 7) is 1.15. The number of hydrogen-bond donors (Lipinski definition) is 0. The third-order valence-corrected chi connectivity index (χ3v) is 3.63. The molecule has 0 N–H and O–H groups in total. The van der Waals surface area contributed by atoms with Crippen LogP contribution in [-0.4, -0.2) is 24.8 Å². The summed E-state index contributed by atoms with van der Waals surface area (Å²) in [5.41, 5.74) is 1.33. The molecule has 0 aromatic heterocycles. The molecule has 0 radical (unpaired) electrons. The van der Waals surface area contributed by atoms with E-state index in [0.29, 0.717) is 31.7 Å². The van der Waals surface area contributed by atoms with E-state index in [4.69, 9.17) is 16.3 Å². The van der Waals surface area contributed by atoms with Crippen LogP contribution in [-0.2, 0) is 9.53 Å². The van der Waals surface area contributed by atoms with Gasteiger partial charge in [-0.05, 0) is 24.6 Å². The molecule has 2 aliphatic rings. The molecule has 1 saturated heterocycles. The Balaban J connectivity index is 1.93. The number of benzene rings is 1. The van der Waals surface area contributed by atoms with Crippen molar-refractivity contribution in [3.05, 3.63) is 29.0 Å². The highest BCUT2D eigenvalue weighted by Gasteiger charge is 2.37. The topological polar surface area (TPSA) is 41.9 Å². The lowest BCUT2D eigenvalue weighted by atomic mass is 9.99. The standard InChI is InChI=1S/C13H12ClFN2O2/c14-10-7-8(1-2-11(10)15)17-13(18)9-3-5-19-6-4-12(9)16-17/h1-2,7,9H,3-6H2. The molecule has 19 heavy (non-hydrogen) atoms. The zero-order valence-electron chi connectivity index (χ0n) is 10.1. The lowest BCUT2D eigenvalue weighted by Crippen LogP contribution is -2.27. The van der Waals surface area contributed by atoms with Gasteiger partial charge in [0.2, 0.25) is 0 Å². The van der Waals surface area contributed by atoms with Crippen molar-refractivity contribution in [2.24, 2.45) is 11.0 Å². The average molecular weight is 283 g/mol. The van der Waals surface area contributed by atoms with E-state index < -0.39 is 5.82 Å². The van der Waals surface area contributed by atoms with E-state index in [1.165, 1.54) is 23.2 Å². The number of hydrogen-bond acceptors (Lipinski definition) is 3. The van der Waals surface area contributed by atoms with Crippen LogP contribution in [0.2, 0.25) is 5.02 Å². The summed E-state index contributed by atoms with van der Waals surface area (Å²) >= 11 is 5.74. The van der Waals surface area contributed by atoms with Gasteiger partial charge in [0.05, 0.1) is 28.9 Å². The first kappa shape index (κ1) is 12.6. The summed E-state index contributed by atoms with van der Waals surface area (Å²) in [6, 6.07) is 4.16. The highest BCUT2D eigenvalue weighted by molar-refractivity contribution is 6.31. The van der Waals surface area contributed by atoms with Crippen LogP contribution in [0.1, 0.15) is 12.8 Å². The SMILES string of the molecule is O=C1C2CCOCCC2=NN1c1ccc(F)c(Cl)c1. The molecule has 0 spiro atoms. The van der Waals surface area contributed by atoms with Crippen LogP contribution in [0.3, 0.4) is 0 Å². The second kappa shape index (κ2) is 4.90. The third-order valence-electron chi connectivity index (χ3n) is 3.34. The number of rotatable bonds is 1. The lowest BCUT2D eigenvalue weighted by molar-refractivity contribution is -0.120. The predicted octanol–water partition coefficient (Wildman–Crippen LogP) is 2.61. The molecule has 1 amide bonds. The Morgan fingerprint density at radius 2 is 2.26 bits per heavy atom. The van der Waals surface area contributed by atoms with Gasteiger partial charge in [-0.2, -0.15) is 5.10 Å². The zero-order valence-corrected chi connectivity index (χ0v) is 10.9. The molecule has 0 bridgehead atoms. The summed E-state index contributed by atoms with van der Waals surface area (Å²) in [5, 5.41) is 5.63. The number of carbonyl (C=O) groups is 1. The molecule has 2 heterocycles. The first-order valence-electron chi connectivity index (χ1n) is 6.11. The Hall–Kier alpha value is -1.46. The van der Waals surface area contributed by atoms with Crippen molar-refractivity contribution in [2.45, 2.75) is 12.8 Å². The average Bonchev–Trinajstić information content (AvgIpc) is 2.59. The number of fused-ring (bicyclic) bond motifs is 1. The van der Waals surface area contributed by atoms with Crippen molar-refractivity contribution < 1.29 is 13.9 Å². The second-order valence-corrected chi connectivity index (χ2v) is 4.95. The smallest absolute Gasteiger partial charge is 0.256 e. The van der Waals surface area contributed by atoms with Crippen molar-refractivity contribution in [3.8, 4) is 0 Å². The molecular formula is C13H12ClFN2O2. The molecule has 1 aromatic rings. The Bertz CT molecular complexity index is 562. The number of carbonyl (C=O) groups excluding carboxylic acids is 1. The van der Waals surface area contributed by atoms with E-state index in [0.717, 1.165) is 5.71 Å². The second-order valence-electron chi connectivity index (χ2n) is 4.54. The number of hydrazone groups is 1. The van der Waals surface area contributed by atoms with Crippen molar-refractivity contribution in [2.75, 3.05) is 18.2 Å². The minimum Gasteiger partial charge on any atom is -0.381 e. The van der Waals surface area contributed by atoms with Crippen LogP contribution in [0.5, 0.6) is 0 Å². The molecule has 6 heteroatoms. The van der Waals surface area contributed by atoms with Gasteiger partial charge in [-0.15, -0.1) is 0 Å². The maximum atomic E-state index is 13.1. The van der Waals surface area contributed by atoms with Gasteiger partial charge in [-0.3, -0.25) is 4.79 Å². The van der Waals surface area contributed by atoms with E-state index >= 15 is 0 Å². The Morgan fingerprint density at radius 1 is 1.42 bits per heavy atom. The number of amides is 1. The molecule has 3 rings (SSSR count). The van der Waals surface area contributed by atoms with Gasteiger partial charge >= 0.3 is 0 Å². The summed E-state index contributed by atoms with van der Waals surface area (Å²) in [7, 11) is 0. The van der Waals surface area contributed by atoms with Crippen LogP contribution < -0.4 is 5.01 Å². The van der Waals surface area contributed by atoms with E-state index in [9.17, 15) is 9.18 Å². The van der Waals surface area contributed by atoms with E-state index in [-0.39, 0.29) is 16.8 Å². The quantitative estimate of drug-likeness (QED) is 0.794. The highest BCUT2D eigenvalue weighted by atomic mass is 35.5. The first-order valence-corrected chi connectivity index (χ1v) is 6.49. The molecule has 100 valence electrons. The number of nitrogens with zero attached hydrogens (tertiary/aromatic N) is 2. The molecule has 1 atom stereocenters. The van der Waals surface area contributed by atoms with Crippen LogP contribution in [0.15, 0.2) is 23.3 Å². The van der Waals surface area contributed by atoms with E-state index in [2.05, 4.69) is 5.10 Å². The summed E-state index contributed by atoms with van der Waals surface area (Å²) < 4.78 is 18.5. The van der Waals surface area contributed by atoms with Gasteiger partial charge in [0, 0.05) is 13.0 Å². The fraction of sp³-hybridized carbons (Fsp3) is 0.385. The molecule has 0 aliphatic carbocycles. The van der Waals surface area contributed by atoms with E-state index in [1.807, 2.05) is 0 Å². The molecular weight excluding hydrogens is 271 g/mol. The largest absolute Gasteiger partial charge is 0.381 e. The van der Waals surface area contributed by atoms with Crippen LogP contribution >= 0.6 is 11.6 Å². The van der Waals surface area contributed by atoms with Gasteiger partial charge in [0.25, 0.3) is 5.91 Å². The summed E-state index contributed by atoms with van der Waals surface area (Å²) in [4.78, 5) is 12.3. The highest BCUT2D eigenvalue weighted by Crippen LogP contribution is 2.30. The van der Waals surface area contributed by atoms with Gasteiger partial charge in [0.1, 0.15) is 5.82 Å². The number of halogens is 2. The number of anilines is 1. The molecule has 0 saturated carbocycles. The predicted molar refractivity (Wildman–Crippen MR) is 69.9 cm³/mol. The van der Waals surface area contributed by atoms with Crippen molar-refractivity contribution >= 4 is 28.9 Å². The minimum absolute atomic E-state index is 0.0130. The molecule has 4 nitrogen and oxygen atoms in total. The summed E-state index contributed by atoms with van der Waals surface area (Å²) in [5.74, 6) is -0.818.